The third-order valence-electron chi connectivity index (χ3n) is 5.59. The Kier molecular flexibility index (Phi) is 4.89. The lowest BCUT2D eigenvalue weighted by atomic mass is 9.89. The zero-order chi connectivity index (χ0) is 19.7. The normalized spacial score (nSPS) is 22.6. The van der Waals surface area contributed by atoms with Crippen molar-refractivity contribution in [2.24, 2.45) is 0 Å². The van der Waals surface area contributed by atoms with Gasteiger partial charge in [0.05, 0.1) is 13.1 Å². The first-order valence-electron chi connectivity index (χ1n) is 9.52. The number of benzene rings is 2. The molecule has 5 nitrogen and oxygen atoms in total. The van der Waals surface area contributed by atoms with Crippen LogP contribution in [-0.4, -0.2) is 48.6 Å². The van der Waals surface area contributed by atoms with Crippen LogP contribution in [0.15, 0.2) is 48.5 Å². The van der Waals surface area contributed by atoms with Gasteiger partial charge in [0.25, 0.3) is 11.8 Å². The van der Waals surface area contributed by atoms with E-state index in [9.17, 15) is 14.0 Å². The summed E-state index contributed by atoms with van der Waals surface area (Å²) in [5.41, 5.74) is 1.69. The van der Waals surface area contributed by atoms with Crippen molar-refractivity contribution < 1.29 is 18.7 Å². The van der Waals surface area contributed by atoms with E-state index in [0.29, 0.717) is 30.9 Å². The summed E-state index contributed by atoms with van der Waals surface area (Å²) in [7, 11) is 0. The number of rotatable bonds is 2. The van der Waals surface area contributed by atoms with Gasteiger partial charge in [-0.25, -0.2) is 4.39 Å². The van der Waals surface area contributed by atoms with Crippen molar-refractivity contribution in [3.05, 3.63) is 65.5 Å². The summed E-state index contributed by atoms with van der Waals surface area (Å²) in [6.45, 7) is 3.35. The Labute approximate surface area is 163 Å². The topological polar surface area (TPSA) is 49.9 Å². The number of ether oxygens (including phenoxy) is 1. The van der Waals surface area contributed by atoms with Crippen LogP contribution in [0.5, 0.6) is 0 Å². The van der Waals surface area contributed by atoms with Crippen LogP contribution >= 0.6 is 0 Å². The van der Waals surface area contributed by atoms with Crippen LogP contribution in [0.3, 0.4) is 0 Å². The fraction of sp³-hybridized carbons (Fsp3) is 0.364. The van der Waals surface area contributed by atoms with E-state index in [1.807, 2.05) is 36.1 Å². The summed E-state index contributed by atoms with van der Waals surface area (Å²) in [5.74, 6) is -0.502. The minimum atomic E-state index is -0.598. The Hall–Kier alpha value is -2.73. The van der Waals surface area contributed by atoms with Crippen molar-refractivity contribution in [1.82, 2.24) is 4.90 Å². The van der Waals surface area contributed by atoms with Gasteiger partial charge in [0, 0.05) is 17.8 Å². The molecule has 2 aromatic rings. The van der Waals surface area contributed by atoms with E-state index in [1.165, 1.54) is 12.1 Å². The second-order valence-electron chi connectivity index (χ2n) is 7.57. The lowest BCUT2D eigenvalue weighted by Crippen LogP contribution is -2.62. The lowest BCUT2D eigenvalue weighted by Gasteiger charge is -2.47. The third-order valence-corrected chi connectivity index (χ3v) is 5.59. The maximum Gasteiger partial charge on any atom is 0.254 e. The lowest BCUT2D eigenvalue weighted by molar-refractivity contribution is -0.144. The monoisotopic (exact) mass is 382 g/mol. The van der Waals surface area contributed by atoms with Crippen molar-refractivity contribution >= 4 is 17.5 Å². The number of amides is 2. The number of likely N-dealkylation sites (tertiary alicyclic amines) is 1. The number of carbonyl (C=O) groups is 2. The maximum atomic E-state index is 13.3. The first-order valence-corrected chi connectivity index (χ1v) is 9.52. The Bertz CT molecular complexity index is 899. The van der Waals surface area contributed by atoms with Gasteiger partial charge in [-0.1, -0.05) is 18.2 Å². The molecule has 2 fully saturated rings. The predicted octanol–water partition coefficient (Wildman–Crippen LogP) is 3.17. The van der Waals surface area contributed by atoms with E-state index in [1.54, 1.807) is 17.0 Å². The molecule has 6 heteroatoms. The number of hydrogen-bond donors (Lipinski definition) is 0. The molecule has 4 rings (SSSR count). The highest BCUT2D eigenvalue weighted by atomic mass is 19.1. The van der Waals surface area contributed by atoms with Crippen molar-refractivity contribution in [3.8, 4) is 0 Å². The number of halogens is 1. The number of morpholine rings is 1. The molecule has 0 aromatic heterocycles. The zero-order valence-electron chi connectivity index (χ0n) is 15.9. The second kappa shape index (κ2) is 7.36. The smallest absolute Gasteiger partial charge is 0.254 e. The van der Waals surface area contributed by atoms with Gasteiger partial charge in [0.2, 0.25) is 0 Å². The van der Waals surface area contributed by atoms with Crippen molar-refractivity contribution in [3.63, 3.8) is 0 Å². The van der Waals surface area contributed by atoms with Crippen LogP contribution in [0.2, 0.25) is 0 Å². The average Bonchev–Trinajstić information content (AvgIpc) is 2.71. The third kappa shape index (κ3) is 3.52. The van der Waals surface area contributed by atoms with E-state index >= 15 is 0 Å². The van der Waals surface area contributed by atoms with E-state index in [4.69, 9.17) is 4.74 Å². The maximum absolute atomic E-state index is 13.3. The molecule has 2 aliphatic heterocycles. The van der Waals surface area contributed by atoms with E-state index in [-0.39, 0.29) is 24.2 Å². The highest BCUT2D eigenvalue weighted by Crippen LogP contribution is 2.32. The standard InChI is InChI=1S/C22H23FN2O3/c1-16-5-2-3-6-19(16)21(27)24-12-4-11-22(14-24)15-25(20(26)13-28-22)18-9-7-17(23)8-10-18/h2-3,5-10H,4,11-15H2,1H3. The molecule has 2 aliphatic rings. The largest absolute Gasteiger partial charge is 0.361 e. The molecule has 2 saturated heterocycles. The van der Waals surface area contributed by atoms with Gasteiger partial charge < -0.3 is 14.5 Å². The minimum Gasteiger partial charge on any atom is -0.361 e. The van der Waals surface area contributed by atoms with E-state index < -0.39 is 5.60 Å². The van der Waals surface area contributed by atoms with Gasteiger partial charge in [-0.05, 0) is 55.7 Å². The summed E-state index contributed by atoms with van der Waals surface area (Å²) >= 11 is 0. The molecular weight excluding hydrogens is 359 g/mol. The molecule has 28 heavy (non-hydrogen) atoms. The molecule has 146 valence electrons. The molecule has 0 bridgehead atoms. The Morgan fingerprint density at radius 3 is 2.61 bits per heavy atom. The molecule has 0 saturated carbocycles. The van der Waals surface area contributed by atoms with Crippen LogP contribution in [0.4, 0.5) is 10.1 Å². The summed E-state index contributed by atoms with van der Waals surface area (Å²) in [5, 5.41) is 0. The number of carbonyl (C=O) groups excluding carboxylic acids is 2. The number of anilines is 1. The summed E-state index contributed by atoms with van der Waals surface area (Å²) in [6, 6.07) is 13.5. The molecular formula is C22H23FN2O3. The van der Waals surface area contributed by atoms with Crippen LogP contribution in [-0.2, 0) is 9.53 Å². The fourth-order valence-electron chi connectivity index (χ4n) is 4.07. The van der Waals surface area contributed by atoms with Crippen molar-refractivity contribution in [2.75, 3.05) is 31.1 Å². The number of nitrogens with zero attached hydrogens (tertiary/aromatic N) is 2. The van der Waals surface area contributed by atoms with Gasteiger partial charge >= 0.3 is 0 Å². The summed E-state index contributed by atoms with van der Waals surface area (Å²) in [6.07, 6.45) is 1.58. The van der Waals surface area contributed by atoms with Crippen LogP contribution < -0.4 is 4.90 Å². The molecule has 1 unspecified atom stereocenters. The SMILES string of the molecule is Cc1ccccc1C(=O)N1CCCC2(C1)CN(c1ccc(F)cc1)C(=O)CO2. The summed E-state index contributed by atoms with van der Waals surface area (Å²) in [4.78, 5) is 28.9. The highest BCUT2D eigenvalue weighted by Gasteiger charge is 2.44. The Morgan fingerprint density at radius 2 is 1.86 bits per heavy atom. The van der Waals surface area contributed by atoms with E-state index in [2.05, 4.69) is 0 Å². The quantitative estimate of drug-likeness (QED) is 0.802. The van der Waals surface area contributed by atoms with Gasteiger partial charge in [-0.15, -0.1) is 0 Å². The molecule has 0 aliphatic carbocycles. The minimum absolute atomic E-state index is 0.00833. The number of piperidine rings is 1. The molecule has 2 amide bonds. The molecule has 2 aromatic carbocycles. The van der Waals surface area contributed by atoms with Crippen LogP contribution in [0, 0.1) is 12.7 Å². The zero-order valence-corrected chi connectivity index (χ0v) is 15.9. The van der Waals surface area contributed by atoms with Gasteiger partial charge in [0.15, 0.2) is 0 Å². The number of hydrogen-bond acceptors (Lipinski definition) is 3. The van der Waals surface area contributed by atoms with E-state index in [0.717, 1.165) is 18.4 Å². The Morgan fingerprint density at radius 1 is 1.11 bits per heavy atom. The fourth-order valence-corrected chi connectivity index (χ4v) is 4.07. The summed E-state index contributed by atoms with van der Waals surface area (Å²) < 4.78 is 19.2. The molecule has 2 heterocycles. The molecule has 1 atom stereocenters. The second-order valence-corrected chi connectivity index (χ2v) is 7.57. The molecule has 0 radical (unpaired) electrons. The van der Waals surface area contributed by atoms with Gasteiger partial charge in [-0.3, -0.25) is 9.59 Å². The molecule has 0 N–H and O–H groups in total. The molecule has 1 spiro atoms. The first-order chi connectivity index (χ1) is 13.5. The van der Waals surface area contributed by atoms with Crippen molar-refractivity contribution in [2.45, 2.75) is 25.4 Å². The average molecular weight is 382 g/mol. The predicted molar refractivity (Wildman–Crippen MR) is 104 cm³/mol. The number of aryl methyl sites for hydroxylation is 1. The Balaban J connectivity index is 1.55. The van der Waals surface area contributed by atoms with Gasteiger partial charge in [0.1, 0.15) is 18.0 Å². The van der Waals surface area contributed by atoms with Crippen LogP contribution in [0.25, 0.3) is 0 Å². The van der Waals surface area contributed by atoms with Gasteiger partial charge in [-0.2, -0.15) is 0 Å². The van der Waals surface area contributed by atoms with Crippen molar-refractivity contribution in [1.29, 1.82) is 0 Å². The highest BCUT2D eigenvalue weighted by molar-refractivity contribution is 5.96. The van der Waals surface area contributed by atoms with Crippen LogP contribution in [0.1, 0.15) is 28.8 Å². The first kappa shape index (κ1) is 18.6.